The molecule has 4 nitrogen and oxygen atoms in total. The molecule has 0 N–H and O–H groups in total. The summed E-state index contributed by atoms with van der Waals surface area (Å²) < 4.78 is 5.32. The fourth-order valence-corrected chi connectivity index (χ4v) is 2.00. The largest absolute Gasteiger partial charge is 0.378 e. The monoisotopic (exact) mass is 232 g/mol. The lowest BCUT2D eigenvalue weighted by molar-refractivity contribution is 0.122. The average molecular weight is 232 g/mol. The number of allylic oxidation sites excluding steroid dienone is 1. The van der Waals surface area contributed by atoms with Gasteiger partial charge in [0.15, 0.2) is 0 Å². The van der Waals surface area contributed by atoms with Gasteiger partial charge in [-0.2, -0.15) is 0 Å². The zero-order chi connectivity index (χ0) is 12.1. The minimum atomic E-state index is 0.502. The molecule has 0 spiro atoms. The van der Waals surface area contributed by atoms with Crippen molar-refractivity contribution in [2.45, 2.75) is 6.42 Å². The molecule has 0 atom stereocenters. The van der Waals surface area contributed by atoms with E-state index in [2.05, 4.69) is 16.7 Å². The van der Waals surface area contributed by atoms with Crippen LogP contribution >= 0.6 is 0 Å². The maximum Gasteiger partial charge on any atom is 0.111 e. The van der Waals surface area contributed by atoms with Crippen LogP contribution in [0.3, 0.4) is 0 Å². The highest BCUT2D eigenvalue weighted by Gasteiger charge is 2.12. The van der Waals surface area contributed by atoms with Gasteiger partial charge in [0, 0.05) is 18.8 Å². The second kappa shape index (κ2) is 5.59. The number of benzene rings is 1. The van der Waals surface area contributed by atoms with Crippen LogP contribution in [0.2, 0.25) is 0 Å². The molecule has 1 aromatic rings. The molecule has 2 rings (SSSR count). The first-order valence-corrected chi connectivity index (χ1v) is 5.75. The number of rotatable bonds is 4. The average Bonchev–Trinajstić information content (AvgIpc) is 2.40. The highest BCUT2D eigenvalue weighted by molar-refractivity contribution is 5.58. The summed E-state index contributed by atoms with van der Waals surface area (Å²) in [5, 5.41) is 3.03. The molecule has 1 aromatic carbocycles. The summed E-state index contributed by atoms with van der Waals surface area (Å²) >= 11 is 0. The summed E-state index contributed by atoms with van der Waals surface area (Å²) in [7, 11) is 0. The van der Waals surface area contributed by atoms with Crippen LogP contribution in [0.1, 0.15) is 5.56 Å². The molecule has 0 saturated carbocycles. The first-order chi connectivity index (χ1) is 8.35. The van der Waals surface area contributed by atoms with E-state index in [1.807, 2.05) is 12.1 Å². The summed E-state index contributed by atoms with van der Waals surface area (Å²) in [5.41, 5.74) is 2.55. The van der Waals surface area contributed by atoms with Gasteiger partial charge >= 0.3 is 0 Å². The Balaban J connectivity index is 2.25. The molecule has 1 aliphatic heterocycles. The lowest BCUT2D eigenvalue weighted by Gasteiger charge is -2.29. The Kier molecular flexibility index (Phi) is 3.88. The summed E-state index contributed by atoms with van der Waals surface area (Å²) in [6.07, 6.45) is 2.45. The molecule has 0 unspecified atom stereocenters. The van der Waals surface area contributed by atoms with Crippen LogP contribution in [0.15, 0.2) is 36.0 Å². The maximum absolute atomic E-state index is 10.7. The van der Waals surface area contributed by atoms with Gasteiger partial charge in [0.1, 0.15) is 5.69 Å². The Hall–Kier alpha value is -1.68. The van der Waals surface area contributed by atoms with E-state index in [4.69, 9.17) is 4.74 Å². The van der Waals surface area contributed by atoms with Gasteiger partial charge in [-0.25, -0.2) is 0 Å². The zero-order valence-electron chi connectivity index (χ0n) is 9.76. The topological polar surface area (TPSA) is 41.9 Å². The molecule has 1 heterocycles. The van der Waals surface area contributed by atoms with E-state index in [0.29, 0.717) is 12.1 Å². The second-order valence-electron chi connectivity index (χ2n) is 4.00. The number of ether oxygens (including phenoxy) is 1. The van der Waals surface area contributed by atoms with Gasteiger partial charge in [0.05, 0.1) is 13.2 Å². The van der Waals surface area contributed by atoms with Crippen LogP contribution < -0.4 is 4.90 Å². The van der Waals surface area contributed by atoms with Gasteiger partial charge in [0.25, 0.3) is 0 Å². The summed E-state index contributed by atoms with van der Waals surface area (Å²) in [6.45, 7) is 6.99. The van der Waals surface area contributed by atoms with E-state index in [9.17, 15) is 4.91 Å². The predicted molar refractivity (Wildman–Crippen MR) is 68.8 cm³/mol. The third kappa shape index (κ3) is 2.71. The molecule has 90 valence electrons. The molecule has 4 heteroatoms. The number of morpholine rings is 1. The minimum absolute atomic E-state index is 0.502. The fourth-order valence-electron chi connectivity index (χ4n) is 2.00. The van der Waals surface area contributed by atoms with Crippen molar-refractivity contribution >= 4 is 11.4 Å². The lowest BCUT2D eigenvalue weighted by atomic mass is 10.1. The molecular weight excluding hydrogens is 216 g/mol. The van der Waals surface area contributed by atoms with Gasteiger partial charge in [-0.15, -0.1) is 11.5 Å². The van der Waals surface area contributed by atoms with Crippen LogP contribution in [0.25, 0.3) is 0 Å². The molecule has 1 saturated heterocycles. The molecule has 1 aliphatic rings. The highest BCUT2D eigenvalue weighted by Crippen LogP contribution is 2.26. The first-order valence-electron chi connectivity index (χ1n) is 5.75. The van der Waals surface area contributed by atoms with Crippen LogP contribution in [-0.2, 0) is 11.2 Å². The van der Waals surface area contributed by atoms with Crippen LogP contribution in [-0.4, -0.2) is 26.3 Å². The lowest BCUT2D eigenvalue weighted by Crippen LogP contribution is -2.36. The SMILES string of the molecule is C=CCc1cc(N2CCOCC2)ccc1N=O. The van der Waals surface area contributed by atoms with Crippen molar-refractivity contribution in [3.8, 4) is 0 Å². The van der Waals surface area contributed by atoms with E-state index in [0.717, 1.165) is 37.6 Å². The Morgan fingerprint density at radius 1 is 1.41 bits per heavy atom. The van der Waals surface area contributed by atoms with Crippen molar-refractivity contribution in [1.29, 1.82) is 0 Å². The van der Waals surface area contributed by atoms with Crippen molar-refractivity contribution < 1.29 is 4.74 Å². The molecule has 0 aromatic heterocycles. The van der Waals surface area contributed by atoms with Crippen molar-refractivity contribution in [2.75, 3.05) is 31.2 Å². The van der Waals surface area contributed by atoms with E-state index in [1.54, 1.807) is 12.1 Å². The fraction of sp³-hybridized carbons (Fsp3) is 0.385. The van der Waals surface area contributed by atoms with E-state index >= 15 is 0 Å². The third-order valence-corrected chi connectivity index (χ3v) is 2.90. The number of nitrogens with zero attached hydrogens (tertiary/aromatic N) is 2. The minimum Gasteiger partial charge on any atom is -0.378 e. The third-order valence-electron chi connectivity index (χ3n) is 2.90. The molecular formula is C13H16N2O2. The maximum atomic E-state index is 10.7. The van der Waals surface area contributed by atoms with Gasteiger partial charge < -0.3 is 9.64 Å². The predicted octanol–water partition coefficient (Wildman–Crippen LogP) is 2.65. The quantitative estimate of drug-likeness (QED) is 0.592. The van der Waals surface area contributed by atoms with E-state index < -0.39 is 0 Å². The Labute approximate surface area is 101 Å². The van der Waals surface area contributed by atoms with Crippen LogP contribution in [0, 0.1) is 4.91 Å². The van der Waals surface area contributed by atoms with Gasteiger partial charge in [-0.05, 0) is 35.4 Å². The Morgan fingerprint density at radius 3 is 2.82 bits per heavy atom. The first kappa shape index (κ1) is 11.8. The number of nitroso groups, excluding NO2 is 1. The van der Waals surface area contributed by atoms with Crippen LogP contribution in [0.4, 0.5) is 11.4 Å². The van der Waals surface area contributed by atoms with Crippen molar-refractivity contribution in [3.05, 3.63) is 41.3 Å². The summed E-state index contributed by atoms with van der Waals surface area (Å²) in [5.74, 6) is 0. The molecule has 0 bridgehead atoms. The van der Waals surface area contributed by atoms with Gasteiger partial charge in [-0.1, -0.05) is 6.08 Å². The second-order valence-corrected chi connectivity index (χ2v) is 4.00. The smallest absolute Gasteiger partial charge is 0.111 e. The van der Waals surface area contributed by atoms with Gasteiger partial charge in [-0.3, -0.25) is 0 Å². The molecule has 0 amide bonds. The summed E-state index contributed by atoms with van der Waals surface area (Å²) in [6, 6.07) is 5.73. The standard InChI is InChI=1S/C13H16N2O2/c1-2-3-11-10-12(4-5-13(11)14-16)15-6-8-17-9-7-15/h2,4-5,10H,1,3,6-9H2. The van der Waals surface area contributed by atoms with Crippen molar-refractivity contribution in [3.63, 3.8) is 0 Å². The van der Waals surface area contributed by atoms with E-state index in [1.165, 1.54) is 0 Å². The number of anilines is 1. The number of hydrogen-bond acceptors (Lipinski definition) is 4. The molecule has 0 radical (unpaired) electrons. The number of hydrogen-bond donors (Lipinski definition) is 0. The summed E-state index contributed by atoms with van der Waals surface area (Å²) in [4.78, 5) is 12.9. The van der Waals surface area contributed by atoms with Crippen molar-refractivity contribution in [1.82, 2.24) is 0 Å². The van der Waals surface area contributed by atoms with Gasteiger partial charge in [0.2, 0.25) is 0 Å². The normalized spacial score (nSPS) is 15.6. The molecule has 1 fully saturated rings. The Bertz CT molecular complexity index is 412. The van der Waals surface area contributed by atoms with E-state index in [-0.39, 0.29) is 0 Å². The van der Waals surface area contributed by atoms with Crippen molar-refractivity contribution in [2.24, 2.45) is 5.18 Å². The molecule has 0 aliphatic carbocycles. The van der Waals surface area contributed by atoms with Crippen LogP contribution in [0.5, 0.6) is 0 Å². The zero-order valence-corrected chi connectivity index (χ0v) is 9.76. The highest BCUT2D eigenvalue weighted by atomic mass is 16.5. The Morgan fingerprint density at radius 2 is 2.18 bits per heavy atom. The molecule has 17 heavy (non-hydrogen) atoms.